The summed E-state index contributed by atoms with van der Waals surface area (Å²) in [6, 6.07) is -0.887. The van der Waals surface area contributed by atoms with E-state index >= 15 is 0 Å². The molecule has 6 atom stereocenters. The molecule has 4 aliphatic rings. The monoisotopic (exact) mass is 611 g/mol. The molecule has 0 aliphatic carbocycles. The zero-order valence-electron chi connectivity index (χ0n) is 22.7. The van der Waals surface area contributed by atoms with Gasteiger partial charge in [-0.3, -0.25) is 19.3 Å². The van der Waals surface area contributed by atoms with Crippen LogP contribution in [-0.4, -0.2) is 126 Å². The SMILES string of the molecule is C=CCCCCOC(=O)[C@H]1[C@H]2C(=O)N(CCCO)C(C(=O)N(CC=C)CCN3CCOCC3)C23CC(Br)[C@@H]1O3. The number of aliphatic hydroxyl groups excluding tert-OH is 1. The Morgan fingerprint density at radius 1 is 1.18 bits per heavy atom. The van der Waals surface area contributed by atoms with Crippen LogP contribution >= 0.6 is 15.9 Å². The van der Waals surface area contributed by atoms with E-state index in [0.717, 1.165) is 25.9 Å². The van der Waals surface area contributed by atoms with Gasteiger partial charge in [0, 0.05) is 50.7 Å². The molecule has 4 fully saturated rings. The Bertz CT molecular complexity index is 914. The molecule has 4 rings (SSSR count). The number of carbonyl (C=O) groups is 3. The van der Waals surface area contributed by atoms with Crippen molar-refractivity contribution in [3.63, 3.8) is 0 Å². The van der Waals surface area contributed by atoms with Gasteiger partial charge in [0.1, 0.15) is 11.6 Å². The third kappa shape index (κ3) is 6.12. The van der Waals surface area contributed by atoms with Gasteiger partial charge in [-0.2, -0.15) is 0 Å². The number of esters is 1. The molecule has 218 valence electrons. The first kappa shape index (κ1) is 30.2. The average molecular weight is 613 g/mol. The number of ether oxygens (including phenoxy) is 3. The quantitative estimate of drug-likeness (QED) is 0.128. The van der Waals surface area contributed by atoms with E-state index in [1.807, 2.05) is 6.08 Å². The maximum absolute atomic E-state index is 14.3. The lowest BCUT2D eigenvalue weighted by molar-refractivity contribution is -0.155. The summed E-state index contributed by atoms with van der Waals surface area (Å²) >= 11 is 3.68. The van der Waals surface area contributed by atoms with Crippen molar-refractivity contribution in [2.45, 2.75) is 54.7 Å². The van der Waals surface area contributed by atoms with Gasteiger partial charge >= 0.3 is 5.97 Å². The lowest BCUT2D eigenvalue weighted by atomic mass is 9.70. The molecule has 2 amide bonds. The molecule has 3 unspecified atom stereocenters. The number of morpholine rings is 1. The summed E-state index contributed by atoms with van der Waals surface area (Å²) in [6.07, 6.45) is 6.16. The van der Waals surface area contributed by atoms with Crippen molar-refractivity contribution in [3.8, 4) is 0 Å². The molecule has 0 aromatic rings. The van der Waals surface area contributed by atoms with Crippen molar-refractivity contribution >= 4 is 33.7 Å². The van der Waals surface area contributed by atoms with Crippen LogP contribution in [0.3, 0.4) is 0 Å². The van der Waals surface area contributed by atoms with Crippen molar-refractivity contribution in [1.29, 1.82) is 0 Å². The van der Waals surface area contributed by atoms with Gasteiger partial charge in [0.05, 0.1) is 37.8 Å². The Balaban J connectivity index is 1.57. The predicted octanol–water partition coefficient (Wildman–Crippen LogP) is 1.36. The summed E-state index contributed by atoms with van der Waals surface area (Å²) in [5.41, 5.74) is -1.13. The number of nitrogens with zero attached hydrogens (tertiary/aromatic N) is 3. The van der Waals surface area contributed by atoms with Crippen LogP contribution in [0.5, 0.6) is 0 Å². The van der Waals surface area contributed by atoms with Gasteiger partial charge in [0.25, 0.3) is 0 Å². The number of alkyl halides is 1. The fourth-order valence-corrected chi connectivity index (χ4v) is 7.47. The number of aliphatic hydroxyl groups is 1. The molecule has 1 N–H and O–H groups in total. The van der Waals surface area contributed by atoms with Gasteiger partial charge in [-0.05, 0) is 32.1 Å². The first-order chi connectivity index (χ1) is 18.9. The van der Waals surface area contributed by atoms with Gasteiger partial charge in [-0.1, -0.05) is 28.1 Å². The number of unbranched alkanes of at least 4 members (excludes halogenated alkanes) is 2. The van der Waals surface area contributed by atoms with Gasteiger partial charge in [0.15, 0.2) is 0 Å². The van der Waals surface area contributed by atoms with E-state index in [1.54, 1.807) is 15.9 Å². The summed E-state index contributed by atoms with van der Waals surface area (Å²) in [4.78, 5) is 46.9. The number of hydrogen-bond acceptors (Lipinski definition) is 8. The van der Waals surface area contributed by atoms with Gasteiger partial charge < -0.3 is 29.1 Å². The summed E-state index contributed by atoms with van der Waals surface area (Å²) in [5, 5.41) is 9.55. The first-order valence-electron chi connectivity index (χ1n) is 14.1. The number of hydrogen-bond donors (Lipinski definition) is 1. The molecular formula is C28H42BrN3O7. The topological polar surface area (TPSA) is 109 Å². The number of halogens is 1. The molecule has 0 radical (unpaired) electrons. The molecule has 10 nitrogen and oxygen atoms in total. The third-order valence-corrected chi connectivity index (χ3v) is 9.20. The number of carbonyl (C=O) groups excluding carboxylic acids is 3. The minimum atomic E-state index is -1.13. The summed E-state index contributed by atoms with van der Waals surface area (Å²) in [5.74, 6) is -2.52. The lowest BCUT2D eigenvalue weighted by Gasteiger charge is -2.38. The van der Waals surface area contributed by atoms with E-state index in [1.165, 1.54) is 0 Å². The fourth-order valence-electron chi connectivity index (χ4n) is 6.53. The molecule has 4 heterocycles. The van der Waals surface area contributed by atoms with Crippen molar-refractivity contribution in [3.05, 3.63) is 25.3 Å². The highest BCUT2D eigenvalue weighted by molar-refractivity contribution is 9.09. The number of rotatable bonds is 15. The van der Waals surface area contributed by atoms with E-state index in [-0.39, 0.29) is 36.4 Å². The fraction of sp³-hybridized carbons (Fsp3) is 0.750. The number of allylic oxidation sites excluding steroid dienone is 1. The van der Waals surface area contributed by atoms with Crippen LogP contribution in [0.4, 0.5) is 0 Å². The summed E-state index contributed by atoms with van der Waals surface area (Å²) < 4.78 is 17.6. The van der Waals surface area contributed by atoms with Crippen LogP contribution in [0, 0.1) is 11.8 Å². The second kappa shape index (κ2) is 13.7. The van der Waals surface area contributed by atoms with E-state index in [0.29, 0.717) is 52.1 Å². The van der Waals surface area contributed by atoms with Crippen molar-refractivity contribution in [2.75, 3.05) is 65.7 Å². The number of fused-ring (bicyclic) bond motifs is 1. The maximum Gasteiger partial charge on any atom is 0.312 e. The van der Waals surface area contributed by atoms with Crippen molar-refractivity contribution in [1.82, 2.24) is 14.7 Å². The molecule has 1 spiro atoms. The predicted molar refractivity (Wildman–Crippen MR) is 148 cm³/mol. The number of amides is 2. The van der Waals surface area contributed by atoms with Gasteiger partial charge in [0.2, 0.25) is 11.8 Å². The minimum Gasteiger partial charge on any atom is -0.465 e. The zero-order valence-corrected chi connectivity index (χ0v) is 24.3. The minimum absolute atomic E-state index is 0.115. The van der Waals surface area contributed by atoms with Crippen LogP contribution in [0.1, 0.15) is 32.1 Å². The third-order valence-electron chi connectivity index (χ3n) is 8.35. The van der Waals surface area contributed by atoms with E-state index in [2.05, 4.69) is 34.0 Å². The molecule has 0 aromatic carbocycles. The smallest absolute Gasteiger partial charge is 0.312 e. The van der Waals surface area contributed by atoms with E-state index in [9.17, 15) is 19.5 Å². The van der Waals surface area contributed by atoms with Gasteiger partial charge in [-0.25, -0.2) is 0 Å². The number of likely N-dealkylation sites (tertiary alicyclic amines) is 1. The highest BCUT2D eigenvalue weighted by Crippen LogP contribution is 2.60. The summed E-state index contributed by atoms with van der Waals surface area (Å²) in [6.45, 7) is 12.4. The molecule has 4 aliphatic heterocycles. The Morgan fingerprint density at radius 2 is 1.95 bits per heavy atom. The standard InChI is InChI=1S/C28H42BrN3O7/c1-3-5-6-7-16-38-27(36)21-22-25(34)32(10-8-15-33)24(28(22)19-20(29)23(21)39-28)26(35)31(9-4-2)12-11-30-13-17-37-18-14-30/h3-4,20-24,33H,1-2,5-19H2/t20?,21-,22-,23-,24?,28?/m0/s1. The van der Waals surface area contributed by atoms with Crippen LogP contribution in [0.2, 0.25) is 0 Å². The highest BCUT2D eigenvalue weighted by Gasteiger charge is 2.77. The van der Waals surface area contributed by atoms with Crippen molar-refractivity contribution < 1.29 is 33.7 Å². The Hall–Kier alpha value is -1.79. The Labute approximate surface area is 239 Å². The van der Waals surface area contributed by atoms with Crippen LogP contribution < -0.4 is 0 Å². The molecular weight excluding hydrogens is 570 g/mol. The Kier molecular flexibility index (Phi) is 10.6. The van der Waals surface area contributed by atoms with Gasteiger partial charge in [-0.15, -0.1) is 13.2 Å². The molecule has 2 bridgehead atoms. The zero-order chi connectivity index (χ0) is 28.0. The largest absolute Gasteiger partial charge is 0.465 e. The molecule has 4 saturated heterocycles. The average Bonchev–Trinajstić information content (AvgIpc) is 3.53. The highest BCUT2D eigenvalue weighted by atomic mass is 79.9. The lowest BCUT2D eigenvalue weighted by Crippen LogP contribution is -2.57. The Morgan fingerprint density at radius 3 is 2.64 bits per heavy atom. The maximum atomic E-state index is 14.3. The van der Waals surface area contributed by atoms with Crippen LogP contribution in [0.15, 0.2) is 25.3 Å². The second-order valence-corrected chi connectivity index (χ2v) is 11.9. The first-order valence-corrected chi connectivity index (χ1v) is 15.0. The van der Waals surface area contributed by atoms with Crippen LogP contribution in [-0.2, 0) is 28.6 Å². The van der Waals surface area contributed by atoms with Crippen LogP contribution in [0.25, 0.3) is 0 Å². The van der Waals surface area contributed by atoms with E-state index < -0.39 is 35.6 Å². The molecule has 11 heteroatoms. The summed E-state index contributed by atoms with van der Waals surface area (Å²) in [7, 11) is 0. The molecule has 0 saturated carbocycles. The van der Waals surface area contributed by atoms with E-state index in [4.69, 9.17) is 14.2 Å². The molecule has 0 aromatic heterocycles. The second-order valence-electron chi connectivity index (χ2n) is 10.8. The van der Waals surface area contributed by atoms with Crippen molar-refractivity contribution in [2.24, 2.45) is 11.8 Å². The molecule has 39 heavy (non-hydrogen) atoms. The normalized spacial score (nSPS) is 31.8.